The van der Waals surface area contributed by atoms with Crippen LogP contribution in [0.3, 0.4) is 0 Å². The Morgan fingerprint density at radius 3 is 2.40 bits per heavy atom. The number of amides is 1. The van der Waals surface area contributed by atoms with Crippen LogP contribution in [-0.2, 0) is 0 Å². The van der Waals surface area contributed by atoms with E-state index in [0.717, 1.165) is 21.7 Å². The summed E-state index contributed by atoms with van der Waals surface area (Å²) in [6.07, 6.45) is 1.72. The molecule has 0 aliphatic carbocycles. The SMILES string of the molecule is NC(=O)n1ccc2ccc3c4ccccc4ccc3c21. The second-order valence-corrected chi connectivity index (χ2v) is 4.91. The average molecular weight is 260 g/mol. The maximum absolute atomic E-state index is 11.6. The van der Waals surface area contributed by atoms with Gasteiger partial charge in [-0.3, -0.25) is 4.57 Å². The first-order chi connectivity index (χ1) is 9.75. The molecule has 1 aromatic heterocycles. The maximum atomic E-state index is 11.6. The molecule has 2 N–H and O–H groups in total. The molecule has 0 unspecified atom stereocenters. The van der Waals surface area contributed by atoms with Gasteiger partial charge in [0.25, 0.3) is 0 Å². The number of carbonyl (C=O) groups excluding carboxylic acids is 1. The Bertz CT molecular complexity index is 982. The number of hydrogen-bond acceptors (Lipinski definition) is 1. The van der Waals surface area contributed by atoms with E-state index in [1.807, 2.05) is 24.3 Å². The van der Waals surface area contributed by atoms with Crippen molar-refractivity contribution in [3.05, 3.63) is 60.8 Å². The van der Waals surface area contributed by atoms with Crippen molar-refractivity contribution in [3.63, 3.8) is 0 Å². The highest BCUT2D eigenvalue weighted by Gasteiger charge is 2.10. The molecule has 3 nitrogen and oxygen atoms in total. The van der Waals surface area contributed by atoms with Crippen LogP contribution in [-0.4, -0.2) is 10.6 Å². The normalized spacial score (nSPS) is 11.4. The Morgan fingerprint density at radius 2 is 1.55 bits per heavy atom. The summed E-state index contributed by atoms with van der Waals surface area (Å²) in [5.41, 5.74) is 6.33. The summed E-state index contributed by atoms with van der Waals surface area (Å²) in [5, 5.41) is 5.58. The third-order valence-electron chi connectivity index (χ3n) is 3.81. The lowest BCUT2D eigenvalue weighted by Gasteiger charge is -2.07. The second kappa shape index (κ2) is 3.84. The number of nitrogens with two attached hydrogens (primary N) is 1. The van der Waals surface area contributed by atoms with Crippen molar-refractivity contribution >= 4 is 38.5 Å². The molecular formula is C17H12N2O. The minimum atomic E-state index is -0.458. The molecule has 1 amide bonds. The first-order valence-electron chi connectivity index (χ1n) is 6.47. The molecule has 0 saturated carbocycles. The topological polar surface area (TPSA) is 48.0 Å². The molecule has 0 bridgehead atoms. The summed E-state index contributed by atoms with van der Waals surface area (Å²) in [6.45, 7) is 0. The summed E-state index contributed by atoms with van der Waals surface area (Å²) in [6, 6.07) is 18.0. The third-order valence-corrected chi connectivity index (χ3v) is 3.81. The van der Waals surface area contributed by atoms with Crippen LogP contribution in [0.1, 0.15) is 0 Å². The quantitative estimate of drug-likeness (QED) is 0.479. The lowest BCUT2D eigenvalue weighted by Crippen LogP contribution is -2.18. The summed E-state index contributed by atoms with van der Waals surface area (Å²) in [5.74, 6) is 0. The number of aromatic nitrogens is 1. The fourth-order valence-corrected chi connectivity index (χ4v) is 2.91. The number of carbonyl (C=O) groups is 1. The number of nitrogens with zero attached hydrogens (tertiary/aromatic N) is 1. The minimum absolute atomic E-state index is 0.458. The largest absolute Gasteiger partial charge is 0.351 e. The molecule has 3 heteroatoms. The molecule has 0 atom stereocenters. The average Bonchev–Trinajstić information content (AvgIpc) is 2.91. The first kappa shape index (κ1) is 11.1. The van der Waals surface area contributed by atoms with Crippen LogP contribution in [0.2, 0.25) is 0 Å². The van der Waals surface area contributed by atoms with E-state index in [1.165, 1.54) is 15.3 Å². The molecule has 0 aliphatic rings. The summed E-state index contributed by atoms with van der Waals surface area (Å²) >= 11 is 0. The van der Waals surface area contributed by atoms with Gasteiger partial charge in [-0.25, -0.2) is 4.79 Å². The van der Waals surface area contributed by atoms with E-state index in [9.17, 15) is 4.79 Å². The molecule has 0 saturated heterocycles. The number of hydrogen-bond donors (Lipinski definition) is 1. The molecule has 4 aromatic rings. The zero-order valence-corrected chi connectivity index (χ0v) is 10.7. The van der Waals surface area contributed by atoms with Crippen molar-refractivity contribution in [2.45, 2.75) is 0 Å². The van der Waals surface area contributed by atoms with Crippen LogP contribution in [0.5, 0.6) is 0 Å². The van der Waals surface area contributed by atoms with Crippen molar-refractivity contribution < 1.29 is 4.79 Å². The smallest absolute Gasteiger partial charge is 0.323 e. The standard InChI is InChI=1S/C17H12N2O/c18-17(20)19-10-9-12-6-7-14-13-4-2-1-3-11(13)5-8-15(14)16(12)19/h1-10H,(H2,18,20). The predicted octanol–water partition coefficient (Wildman–Crippen LogP) is 3.87. The summed E-state index contributed by atoms with van der Waals surface area (Å²) in [4.78, 5) is 11.6. The van der Waals surface area contributed by atoms with Crippen LogP contribution < -0.4 is 5.73 Å². The Labute approximate surface area is 115 Å². The monoisotopic (exact) mass is 260 g/mol. The van der Waals surface area contributed by atoms with Crippen molar-refractivity contribution in [3.8, 4) is 0 Å². The number of primary amides is 1. The zero-order valence-electron chi connectivity index (χ0n) is 10.7. The van der Waals surface area contributed by atoms with E-state index in [2.05, 4.69) is 30.3 Å². The van der Waals surface area contributed by atoms with Gasteiger partial charge in [-0.2, -0.15) is 0 Å². The van der Waals surface area contributed by atoms with Crippen molar-refractivity contribution in [2.24, 2.45) is 5.73 Å². The molecule has 20 heavy (non-hydrogen) atoms. The van der Waals surface area contributed by atoms with Crippen LogP contribution in [0.25, 0.3) is 32.4 Å². The number of benzene rings is 3. The Balaban J connectivity index is 2.28. The molecule has 4 rings (SSSR count). The summed E-state index contributed by atoms with van der Waals surface area (Å²) < 4.78 is 1.51. The molecule has 1 heterocycles. The maximum Gasteiger partial charge on any atom is 0.323 e. The molecule has 0 aliphatic heterocycles. The van der Waals surface area contributed by atoms with Crippen molar-refractivity contribution in [1.29, 1.82) is 0 Å². The van der Waals surface area contributed by atoms with Crippen LogP contribution in [0.4, 0.5) is 4.79 Å². The van der Waals surface area contributed by atoms with Gasteiger partial charge >= 0.3 is 6.03 Å². The van der Waals surface area contributed by atoms with Gasteiger partial charge in [0.1, 0.15) is 0 Å². The Morgan fingerprint density at radius 1 is 0.800 bits per heavy atom. The van der Waals surface area contributed by atoms with E-state index in [1.54, 1.807) is 6.20 Å². The minimum Gasteiger partial charge on any atom is -0.351 e. The zero-order chi connectivity index (χ0) is 13.7. The highest BCUT2D eigenvalue weighted by atomic mass is 16.2. The highest BCUT2D eigenvalue weighted by molar-refractivity contribution is 6.17. The van der Waals surface area contributed by atoms with E-state index >= 15 is 0 Å². The van der Waals surface area contributed by atoms with Crippen LogP contribution in [0, 0.1) is 0 Å². The summed E-state index contributed by atoms with van der Waals surface area (Å²) in [7, 11) is 0. The van der Waals surface area contributed by atoms with E-state index in [4.69, 9.17) is 5.73 Å². The third kappa shape index (κ3) is 1.37. The van der Waals surface area contributed by atoms with E-state index in [0.29, 0.717) is 0 Å². The van der Waals surface area contributed by atoms with Gasteiger partial charge in [-0.15, -0.1) is 0 Å². The van der Waals surface area contributed by atoms with Crippen LogP contribution >= 0.6 is 0 Å². The Kier molecular flexibility index (Phi) is 2.12. The highest BCUT2D eigenvalue weighted by Crippen LogP contribution is 2.31. The fraction of sp³-hybridized carbons (Fsp3) is 0. The van der Waals surface area contributed by atoms with Gasteiger partial charge in [-0.1, -0.05) is 48.5 Å². The molecule has 3 aromatic carbocycles. The van der Waals surface area contributed by atoms with Gasteiger partial charge in [-0.05, 0) is 22.2 Å². The molecule has 0 spiro atoms. The molecule has 0 radical (unpaired) electrons. The van der Waals surface area contributed by atoms with Gasteiger partial charge in [0, 0.05) is 17.0 Å². The van der Waals surface area contributed by atoms with E-state index in [-0.39, 0.29) is 0 Å². The predicted molar refractivity (Wildman–Crippen MR) is 81.9 cm³/mol. The van der Waals surface area contributed by atoms with Crippen molar-refractivity contribution in [2.75, 3.05) is 0 Å². The fourth-order valence-electron chi connectivity index (χ4n) is 2.91. The lowest BCUT2D eigenvalue weighted by molar-refractivity contribution is 0.251. The van der Waals surface area contributed by atoms with Gasteiger partial charge in [0.05, 0.1) is 5.52 Å². The van der Waals surface area contributed by atoms with Crippen molar-refractivity contribution in [1.82, 2.24) is 4.57 Å². The Hall–Kier alpha value is -2.81. The molecule has 0 fully saturated rings. The number of rotatable bonds is 0. The van der Waals surface area contributed by atoms with Gasteiger partial charge < -0.3 is 5.73 Å². The number of fused-ring (bicyclic) bond motifs is 5. The second-order valence-electron chi connectivity index (χ2n) is 4.91. The van der Waals surface area contributed by atoms with E-state index < -0.39 is 6.03 Å². The van der Waals surface area contributed by atoms with Gasteiger partial charge in [0.2, 0.25) is 0 Å². The van der Waals surface area contributed by atoms with Gasteiger partial charge in [0.15, 0.2) is 0 Å². The van der Waals surface area contributed by atoms with Crippen LogP contribution in [0.15, 0.2) is 60.8 Å². The first-order valence-corrected chi connectivity index (χ1v) is 6.47. The molecular weight excluding hydrogens is 248 g/mol. The lowest BCUT2D eigenvalue weighted by atomic mass is 10.0. The molecule has 96 valence electrons.